The smallest absolute Gasteiger partial charge is 0.335 e. The van der Waals surface area contributed by atoms with E-state index >= 15 is 0 Å². The van der Waals surface area contributed by atoms with Crippen LogP contribution in [-0.2, 0) is 0 Å². The molecule has 0 atom stereocenters. The average molecular weight is 263 g/mol. The monoisotopic (exact) mass is 263 g/mol. The molecular weight excluding hydrogens is 254 g/mol. The number of carboxylic acids is 1. The fourth-order valence-electron chi connectivity index (χ4n) is 1.36. The number of hydrogen-bond donors (Lipinski definition) is 3. The highest BCUT2D eigenvalue weighted by atomic mass is 32.1. The summed E-state index contributed by atoms with van der Waals surface area (Å²) >= 11 is 1.37. The molecule has 1 aromatic carbocycles. The molecule has 0 aliphatic heterocycles. The number of phenolic OH excluding ortho intramolecular Hbond substituents is 1. The van der Waals surface area contributed by atoms with Gasteiger partial charge in [-0.3, -0.25) is 4.79 Å². The minimum atomic E-state index is -1.12. The van der Waals surface area contributed by atoms with Gasteiger partial charge in [0.05, 0.1) is 16.8 Å². The van der Waals surface area contributed by atoms with E-state index in [2.05, 4.69) is 5.32 Å². The van der Waals surface area contributed by atoms with Gasteiger partial charge in [-0.15, -0.1) is 0 Å². The number of rotatable bonds is 3. The quantitative estimate of drug-likeness (QED) is 0.742. The first kappa shape index (κ1) is 12.1. The summed E-state index contributed by atoms with van der Waals surface area (Å²) in [6.45, 7) is 0. The summed E-state index contributed by atoms with van der Waals surface area (Å²) in [5, 5.41) is 24.3. The summed E-state index contributed by atoms with van der Waals surface area (Å²) in [6.07, 6.45) is 0. The zero-order chi connectivity index (χ0) is 13.1. The number of benzene rings is 1. The Labute approximate surface area is 106 Å². The van der Waals surface area contributed by atoms with Gasteiger partial charge in [-0.2, -0.15) is 11.3 Å². The van der Waals surface area contributed by atoms with E-state index in [9.17, 15) is 14.7 Å². The van der Waals surface area contributed by atoms with Gasteiger partial charge in [0.2, 0.25) is 0 Å². The van der Waals surface area contributed by atoms with Crippen LogP contribution < -0.4 is 5.32 Å². The maximum atomic E-state index is 11.7. The Kier molecular flexibility index (Phi) is 3.29. The number of aromatic carboxylic acids is 1. The van der Waals surface area contributed by atoms with Crippen LogP contribution in [0.15, 0.2) is 35.0 Å². The van der Waals surface area contributed by atoms with E-state index in [0.717, 1.165) is 0 Å². The number of carbonyl (C=O) groups is 2. The molecule has 0 spiro atoms. The van der Waals surface area contributed by atoms with Gasteiger partial charge < -0.3 is 15.5 Å². The molecule has 5 nitrogen and oxygen atoms in total. The third kappa shape index (κ3) is 2.49. The van der Waals surface area contributed by atoms with Gasteiger partial charge in [0.15, 0.2) is 0 Å². The predicted octanol–water partition coefficient (Wildman–Crippen LogP) is 2.40. The van der Waals surface area contributed by atoms with Crippen molar-refractivity contribution in [3.63, 3.8) is 0 Å². The molecule has 1 amide bonds. The maximum Gasteiger partial charge on any atom is 0.335 e. The Bertz CT molecular complexity index is 592. The topological polar surface area (TPSA) is 86.6 Å². The van der Waals surface area contributed by atoms with E-state index < -0.39 is 11.9 Å². The zero-order valence-electron chi connectivity index (χ0n) is 9.08. The SMILES string of the molecule is O=C(O)c1ccc(O)c(NC(=O)c2ccsc2)c1. The second-order valence-electron chi connectivity index (χ2n) is 3.50. The average Bonchev–Trinajstić information content (AvgIpc) is 2.85. The maximum absolute atomic E-state index is 11.7. The summed E-state index contributed by atoms with van der Waals surface area (Å²) in [6, 6.07) is 5.34. The lowest BCUT2D eigenvalue weighted by molar-refractivity contribution is 0.0696. The number of thiophene rings is 1. The van der Waals surface area contributed by atoms with E-state index in [0.29, 0.717) is 5.56 Å². The first-order chi connectivity index (χ1) is 8.58. The summed E-state index contributed by atoms with van der Waals surface area (Å²) in [7, 11) is 0. The van der Waals surface area contributed by atoms with Crippen molar-refractivity contribution in [3.05, 3.63) is 46.2 Å². The Morgan fingerprint density at radius 1 is 1.17 bits per heavy atom. The van der Waals surface area contributed by atoms with Crippen molar-refractivity contribution < 1.29 is 19.8 Å². The lowest BCUT2D eigenvalue weighted by Gasteiger charge is -2.07. The zero-order valence-corrected chi connectivity index (χ0v) is 9.90. The molecule has 0 unspecified atom stereocenters. The molecule has 6 heteroatoms. The van der Waals surface area contributed by atoms with Gasteiger partial charge in [-0.05, 0) is 29.6 Å². The lowest BCUT2D eigenvalue weighted by atomic mass is 10.2. The molecule has 3 N–H and O–H groups in total. The van der Waals surface area contributed by atoms with Crippen LogP contribution in [0.2, 0.25) is 0 Å². The van der Waals surface area contributed by atoms with Crippen molar-refractivity contribution >= 4 is 28.9 Å². The Morgan fingerprint density at radius 3 is 2.56 bits per heavy atom. The van der Waals surface area contributed by atoms with Crippen molar-refractivity contribution in [2.75, 3.05) is 5.32 Å². The molecule has 0 bridgehead atoms. The highest BCUT2D eigenvalue weighted by molar-refractivity contribution is 7.08. The Hall–Kier alpha value is -2.34. The minimum Gasteiger partial charge on any atom is -0.506 e. The number of aromatic hydroxyl groups is 1. The molecule has 1 heterocycles. The molecule has 2 aromatic rings. The summed E-state index contributed by atoms with van der Waals surface area (Å²) in [4.78, 5) is 22.5. The van der Waals surface area contributed by atoms with E-state index in [4.69, 9.17) is 5.11 Å². The van der Waals surface area contributed by atoms with E-state index in [1.54, 1.807) is 16.8 Å². The van der Waals surface area contributed by atoms with Crippen molar-refractivity contribution in [2.45, 2.75) is 0 Å². The second-order valence-corrected chi connectivity index (χ2v) is 4.28. The van der Waals surface area contributed by atoms with E-state index in [1.807, 2.05) is 0 Å². The normalized spacial score (nSPS) is 10.0. The number of anilines is 1. The summed E-state index contributed by atoms with van der Waals surface area (Å²) in [5.41, 5.74) is 0.527. The fraction of sp³-hybridized carbons (Fsp3) is 0. The van der Waals surface area contributed by atoms with Crippen molar-refractivity contribution in [2.24, 2.45) is 0 Å². The molecule has 1 aromatic heterocycles. The highest BCUT2D eigenvalue weighted by Gasteiger charge is 2.12. The molecule has 0 aliphatic rings. The number of nitrogens with one attached hydrogen (secondary N) is 1. The third-order valence-corrected chi connectivity index (χ3v) is 2.96. The van der Waals surface area contributed by atoms with Gasteiger partial charge in [0, 0.05) is 5.38 Å². The summed E-state index contributed by atoms with van der Waals surface area (Å²) in [5.74, 6) is -1.70. The highest BCUT2D eigenvalue weighted by Crippen LogP contribution is 2.25. The first-order valence-electron chi connectivity index (χ1n) is 4.98. The van der Waals surface area contributed by atoms with Crippen molar-refractivity contribution in [1.82, 2.24) is 0 Å². The molecule has 0 saturated carbocycles. The molecule has 0 fully saturated rings. The number of carbonyl (C=O) groups excluding carboxylic acids is 1. The van der Waals surface area contributed by atoms with Crippen molar-refractivity contribution in [1.29, 1.82) is 0 Å². The van der Waals surface area contributed by atoms with Crippen LogP contribution in [0, 0.1) is 0 Å². The minimum absolute atomic E-state index is 0.00609. The number of hydrogen-bond acceptors (Lipinski definition) is 4. The van der Waals surface area contributed by atoms with Crippen molar-refractivity contribution in [3.8, 4) is 5.75 Å². The van der Waals surface area contributed by atoms with Crippen LogP contribution in [0.25, 0.3) is 0 Å². The van der Waals surface area contributed by atoms with Crippen LogP contribution in [0.3, 0.4) is 0 Å². The lowest BCUT2D eigenvalue weighted by Crippen LogP contribution is -2.11. The molecule has 2 rings (SSSR count). The largest absolute Gasteiger partial charge is 0.506 e. The van der Waals surface area contributed by atoms with Gasteiger partial charge in [0.25, 0.3) is 5.91 Å². The Morgan fingerprint density at radius 2 is 1.94 bits per heavy atom. The third-order valence-electron chi connectivity index (χ3n) is 2.28. The first-order valence-corrected chi connectivity index (χ1v) is 5.92. The molecule has 0 aliphatic carbocycles. The molecule has 92 valence electrons. The van der Waals surface area contributed by atoms with Gasteiger partial charge in [-0.1, -0.05) is 0 Å². The van der Waals surface area contributed by atoms with Gasteiger partial charge in [-0.25, -0.2) is 4.79 Å². The van der Waals surface area contributed by atoms with Crippen LogP contribution in [0.5, 0.6) is 5.75 Å². The standard InChI is InChI=1S/C12H9NO4S/c14-10-2-1-7(12(16)17)5-9(10)13-11(15)8-3-4-18-6-8/h1-6,14H,(H,13,15)(H,16,17). The number of carboxylic acid groups (broad SMARTS) is 1. The van der Waals surface area contributed by atoms with E-state index in [-0.39, 0.29) is 17.0 Å². The molecule has 18 heavy (non-hydrogen) atoms. The van der Waals surface area contributed by atoms with E-state index in [1.165, 1.54) is 29.5 Å². The predicted molar refractivity (Wildman–Crippen MR) is 67.3 cm³/mol. The number of phenols is 1. The fourth-order valence-corrected chi connectivity index (χ4v) is 1.99. The second kappa shape index (κ2) is 4.89. The van der Waals surface area contributed by atoms with Crippen LogP contribution in [0.4, 0.5) is 5.69 Å². The molecule has 0 saturated heterocycles. The van der Waals surface area contributed by atoms with Crippen LogP contribution in [0.1, 0.15) is 20.7 Å². The van der Waals surface area contributed by atoms with Crippen LogP contribution >= 0.6 is 11.3 Å². The summed E-state index contributed by atoms with van der Waals surface area (Å²) < 4.78 is 0. The molecular formula is C12H9NO4S. The van der Waals surface area contributed by atoms with Gasteiger partial charge >= 0.3 is 5.97 Å². The Balaban J connectivity index is 2.26. The number of amides is 1. The van der Waals surface area contributed by atoms with Crippen LogP contribution in [-0.4, -0.2) is 22.1 Å². The van der Waals surface area contributed by atoms with Gasteiger partial charge in [0.1, 0.15) is 5.75 Å². The molecule has 0 radical (unpaired) electrons.